The molecule has 0 aliphatic carbocycles. The molecule has 16 heavy (non-hydrogen) atoms. The Kier molecular flexibility index (Phi) is 4.22. The van der Waals surface area contributed by atoms with E-state index in [1.165, 1.54) is 0 Å². The van der Waals surface area contributed by atoms with Crippen molar-refractivity contribution in [2.45, 2.75) is 39.2 Å². The van der Waals surface area contributed by atoms with Crippen LogP contribution in [0.25, 0.3) is 0 Å². The predicted molar refractivity (Wildman–Crippen MR) is 60.5 cm³/mol. The van der Waals surface area contributed by atoms with Crippen LogP contribution in [-0.2, 0) is 6.54 Å². The number of carboxylic acid groups (broad SMARTS) is 1. The van der Waals surface area contributed by atoms with Crippen LogP contribution < -0.4 is 0 Å². The summed E-state index contributed by atoms with van der Waals surface area (Å²) < 4.78 is 1.62. The van der Waals surface area contributed by atoms with Gasteiger partial charge in [-0.3, -0.25) is 0 Å². The average molecular weight is 223 g/mol. The molecule has 0 aromatic carbocycles. The Bertz CT molecular complexity index is 381. The van der Waals surface area contributed by atoms with Crippen LogP contribution in [0.3, 0.4) is 0 Å². The van der Waals surface area contributed by atoms with Crippen LogP contribution in [0.15, 0.2) is 12.7 Å². The molecule has 0 unspecified atom stereocenters. The van der Waals surface area contributed by atoms with E-state index >= 15 is 0 Å². The number of allylic oxidation sites excluding steroid dienone is 1. The molecule has 0 aliphatic rings. The first-order valence-corrected chi connectivity index (χ1v) is 5.43. The third-order valence-electron chi connectivity index (χ3n) is 2.65. The average Bonchev–Trinajstić information content (AvgIpc) is 2.65. The zero-order chi connectivity index (χ0) is 12.1. The molecule has 0 atom stereocenters. The lowest BCUT2D eigenvalue weighted by Gasteiger charge is -2.13. The standard InChI is InChI=1S/C11H17N3O2/c1-4-7-14-10(8(5-2)6-3)9(11(15)16)12-13-14/h4,8H,1,5-7H2,2-3H3,(H,15,16). The molecule has 1 aromatic rings. The van der Waals surface area contributed by atoms with Crippen molar-refractivity contribution in [2.75, 3.05) is 0 Å². The first-order valence-electron chi connectivity index (χ1n) is 5.43. The van der Waals surface area contributed by atoms with Crippen molar-refractivity contribution in [3.8, 4) is 0 Å². The van der Waals surface area contributed by atoms with Gasteiger partial charge in [-0.2, -0.15) is 0 Å². The number of carbonyl (C=O) groups is 1. The fourth-order valence-corrected chi connectivity index (χ4v) is 1.81. The number of rotatable bonds is 6. The van der Waals surface area contributed by atoms with Gasteiger partial charge < -0.3 is 5.11 Å². The zero-order valence-electron chi connectivity index (χ0n) is 9.68. The molecule has 0 radical (unpaired) electrons. The highest BCUT2D eigenvalue weighted by molar-refractivity contribution is 5.86. The zero-order valence-corrected chi connectivity index (χ0v) is 9.68. The predicted octanol–water partition coefficient (Wildman–Crippen LogP) is 2.07. The van der Waals surface area contributed by atoms with Gasteiger partial charge in [0.05, 0.1) is 12.2 Å². The Balaban J connectivity index is 3.21. The third kappa shape index (κ3) is 2.29. The summed E-state index contributed by atoms with van der Waals surface area (Å²) in [5.41, 5.74) is 0.771. The first-order chi connectivity index (χ1) is 7.65. The summed E-state index contributed by atoms with van der Waals surface area (Å²) in [6.07, 6.45) is 3.44. The fourth-order valence-electron chi connectivity index (χ4n) is 1.81. The summed E-state index contributed by atoms with van der Waals surface area (Å²) in [6, 6.07) is 0. The quantitative estimate of drug-likeness (QED) is 0.749. The highest BCUT2D eigenvalue weighted by Crippen LogP contribution is 2.25. The van der Waals surface area contributed by atoms with Gasteiger partial charge in [-0.05, 0) is 12.8 Å². The van der Waals surface area contributed by atoms with Crippen molar-refractivity contribution in [1.29, 1.82) is 0 Å². The van der Waals surface area contributed by atoms with Crippen LogP contribution in [0.5, 0.6) is 0 Å². The van der Waals surface area contributed by atoms with Crippen LogP contribution in [0.1, 0.15) is 48.8 Å². The molecule has 1 rings (SSSR count). The van der Waals surface area contributed by atoms with E-state index in [-0.39, 0.29) is 11.6 Å². The summed E-state index contributed by atoms with van der Waals surface area (Å²) >= 11 is 0. The van der Waals surface area contributed by atoms with Crippen molar-refractivity contribution >= 4 is 5.97 Å². The molecule has 0 amide bonds. The Labute approximate surface area is 94.8 Å². The van der Waals surface area contributed by atoms with Gasteiger partial charge in [0, 0.05) is 5.92 Å². The molecule has 0 fully saturated rings. The molecular weight excluding hydrogens is 206 g/mol. The van der Waals surface area contributed by atoms with E-state index in [4.69, 9.17) is 5.11 Å². The molecule has 5 heteroatoms. The Morgan fingerprint density at radius 2 is 2.19 bits per heavy atom. The number of hydrogen-bond acceptors (Lipinski definition) is 3. The normalized spacial score (nSPS) is 10.7. The number of nitrogens with zero attached hydrogens (tertiary/aromatic N) is 3. The van der Waals surface area contributed by atoms with Gasteiger partial charge in [0.25, 0.3) is 0 Å². The molecular formula is C11H17N3O2. The summed E-state index contributed by atoms with van der Waals surface area (Å²) in [5.74, 6) is -0.835. The maximum Gasteiger partial charge on any atom is 0.358 e. The smallest absolute Gasteiger partial charge is 0.358 e. The molecule has 0 saturated heterocycles. The highest BCUT2D eigenvalue weighted by Gasteiger charge is 2.23. The van der Waals surface area contributed by atoms with E-state index in [0.717, 1.165) is 12.8 Å². The van der Waals surface area contributed by atoms with Gasteiger partial charge in [0.2, 0.25) is 0 Å². The van der Waals surface area contributed by atoms with Gasteiger partial charge >= 0.3 is 5.97 Å². The van der Waals surface area contributed by atoms with Crippen LogP contribution >= 0.6 is 0 Å². The Hall–Kier alpha value is -1.65. The van der Waals surface area contributed by atoms with Gasteiger partial charge in [-0.25, -0.2) is 9.48 Å². The molecule has 0 aliphatic heterocycles. The molecule has 1 heterocycles. The van der Waals surface area contributed by atoms with E-state index in [9.17, 15) is 4.79 Å². The van der Waals surface area contributed by atoms with E-state index in [1.807, 2.05) is 13.8 Å². The highest BCUT2D eigenvalue weighted by atomic mass is 16.4. The minimum atomic E-state index is -1.02. The molecule has 5 nitrogen and oxygen atoms in total. The minimum absolute atomic E-state index is 0.0653. The summed E-state index contributed by atoms with van der Waals surface area (Å²) in [7, 11) is 0. The van der Waals surface area contributed by atoms with E-state index in [0.29, 0.717) is 12.2 Å². The maximum atomic E-state index is 11.0. The number of aromatic nitrogens is 3. The van der Waals surface area contributed by atoms with Crippen molar-refractivity contribution in [2.24, 2.45) is 0 Å². The molecule has 1 aromatic heterocycles. The number of carboxylic acids is 1. The topological polar surface area (TPSA) is 68.0 Å². The van der Waals surface area contributed by atoms with Crippen molar-refractivity contribution in [3.05, 3.63) is 24.0 Å². The van der Waals surface area contributed by atoms with Gasteiger partial charge in [0.15, 0.2) is 5.69 Å². The van der Waals surface area contributed by atoms with E-state index in [2.05, 4.69) is 16.9 Å². The number of hydrogen-bond donors (Lipinski definition) is 1. The van der Waals surface area contributed by atoms with Crippen molar-refractivity contribution < 1.29 is 9.90 Å². The lowest BCUT2D eigenvalue weighted by molar-refractivity contribution is 0.0688. The molecule has 0 saturated carbocycles. The van der Waals surface area contributed by atoms with Crippen LogP contribution in [-0.4, -0.2) is 26.1 Å². The van der Waals surface area contributed by atoms with Gasteiger partial charge in [-0.1, -0.05) is 25.1 Å². The number of aromatic carboxylic acids is 1. The molecule has 88 valence electrons. The van der Waals surface area contributed by atoms with E-state index in [1.54, 1.807) is 10.8 Å². The third-order valence-corrected chi connectivity index (χ3v) is 2.65. The lowest BCUT2D eigenvalue weighted by Crippen LogP contribution is -2.12. The van der Waals surface area contributed by atoms with Crippen LogP contribution in [0.2, 0.25) is 0 Å². The van der Waals surface area contributed by atoms with E-state index < -0.39 is 5.97 Å². The second-order valence-corrected chi connectivity index (χ2v) is 3.61. The van der Waals surface area contributed by atoms with Crippen LogP contribution in [0, 0.1) is 0 Å². The van der Waals surface area contributed by atoms with Crippen molar-refractivity contribution in [3.63, 3.8) is 0 Å². The first kappa shape index (κ1) is 12.4. The second kappa shape index (κ2) is 5.44. The molecule has 1 N–H and O–H groups in total. The van der Waals surface area contributed by atoms with Gasteiger partial charge in [0.1, 0.15) is 0 Å². The van der Waals surface area contributed by atoms with Crippen LogP contribution in [0.4, 0.5) is 0 Å². The fraction of sp³-hybridized carbons (Fsp3) is 0.545. The lowest BCUT2D eigenvalue weighted by atomic mass is 9.97. The molecule has 0 spiro atoms. The summed E-state index contributed by atoms with van der Waals surface area (Å²) in [5, 5.41) is 16.6. The minimum Gasteiger partial charge on any atom is -0.476 e. The Morgan fingerprint density at radius 1 is 1.56 bits per heavy atom. The second-order valence-electron chi connectivity index (χ2n) is 3.61. The summed E-state index contributed by atoms with van der Waals surface area (Å²) in [6.45, 7) is 8.18. The SMILES string of the molecule is C=CCn1nnc(C(=O)O)c1C(CC)CC. The molecule has 0 bridgehead atoms. The Morgan fingerprint density at radius 3 is 2.62 bits per heavy atom. The maximum absolute atomic E-state index is 11.0. The monoisotopic (exact) mass is 223 g/mol. The summed E-state index contributed by atoms with van der Waals surface area (Å²) in [4.78, 5) is 11.0. The van der Waals surface area contributed by atoms with Crippen molar-refractivity contribution in [1.82, 2.24) is 15.0 Å². The van der Waals surface area contributed by atoms with Gasteiger partial charge in [-0.15, -0.1) is 11.7 Å². The largest absolute Gasteiger partial charge is 0.476 e.